The predicted molar refractivity (Wildman–Crippen MR) is 43.0 cm³/mol. The third-order valence-corrected chi connectivity index (χ3v) is 1.35. The van der Waals surface area contributed by atoms with Gasteiger partial charge in [-0.05, 0) is 6.92 Å². The van der Waals surface area contributed by atoms with E-state index in [1.807, 2.05) is 0 Å². The van der Waals surface area contributed by atoms with E-state index in [9.17, 15) is 0 Å². The fourth-order valence-corrected chi connectivity index (χ4v) is 0.782. The molecule has 0 bridgehead atoms. The molecule has 0 aromatic rings. The van der Waals surface area contributed by atoms with Crippen molar-refractivity contribution in [1.29, 1.82) is 0 Å². The maximum absolute atomic E-state index is 5.04. The van der Waals surface area contributed by atoms with Gasteiger partial charge in [-0.3, -0.25) is 0 Å². The van der Waals surface area contributed by atoms with Crippen LogP contribution in [0.1, 0.15) is 13.3 Å². The molecular weight excluding hydrogens is 203 g/mol. The molecule has 0 aromatic heterocycles. The first-order valence-corrected chi connectivity index (χ1v) is 4.63. The van der Waals surface area contributed by atoms with Gasteiger partial charge in [0.2, 0.25) is 0 Å². The Labute approximate surface area is 83.7 Å². The fraction of sp³-hybridized carbons (Fsp3) is 0.429. The van der Waals surface area contributed by atoms with Crippen molar-refractivity contribution in [3.63, 3.8) is 0 Å². The summed E-state index contributed by atoms with van der Waals surface area (Å²) in [7, 11) is 0. The Hall–Kier alpha value is 0.774. The second-order valence-electron chi connectivity index (χ2n) is 1.84. The Morgan fingerprint density at radius 3 is 2.20 bits per heavy atom. The van der Waals surface area contributed by atoms with Crippen LogP contribution in [0.3, 0.4) is 0 Å². The van der Waals surface area contributed by atoms with Crippen molar-refractivity contribution in [1.82, 2.24) is 0 Å². The van der Waals surface area contributed by atoms with Crippen LogP contribution < -0.4 is 0 Å². The topological polar surface area (TPSA) is 0 Å². The molecule has 3 heteroatoms. The standard InChI is InChI=1S/C5H5.C2H4Cl2.Ti/c1-2-4-5-3-1;1-2(3)4;/h1-3H,4H2;2H,1H3;. The fourth-order valence-electron chi connectivity index (χ4n) is 0.447. The molecule has 0 atom stereocenters. The quantitative estimate of drug-likeness (QED) is 0.427. The molecule has 0 heterocycles. The molecule has 1 rings (SSSR count). The number of allylic oxidation sites excluding steroid dienone is 4. The molecule has 1 aliphatic carbocycles. The molecule has 0 aliphatic heterocycles. The third-order valence-electron chi connectivity index (χ3n) is 0.771. The number of hydrogen-bond acceptors (Lipinski definition) is 0. The Morgan fingerprint density at radius 1 is 1.60 bits per heavy atom. The number of halogens is 2. The van der Waals surface area contributed by atoms with Crippen molar-refractivity contribution < 1.29 is 20.4 Å². The molecule has 0 aromatic carbocycles. The van der Waals surface area contributed by atoms with Crippen molar-refractivity contribution in [3.05, 3.63) is 22.1 Å². The van der Waals surface area contributed by atoms with E-state index in [0.717, 1.165) is 0 Å². The van der Waals surface area contributed by atoms with Gasteiger partial charge >= 0.3 is 49.0 Å². The molecule has 0 radical (unpaired) electrons. The molecule has 0 N–H and O–H groups in total. The average molecular weight is 212 g/mol. The molecule has 10 heavy (non-hydrogen) atoms. The summed E-state index contributed by atoms with van der Waals surface area (Å²) in [4.78, 5) is -0.222. The summed E-state index contributed by atoms with van der Waals surface area (Å²) in [6, 6.07) is 0. The first-order chi connectivity index (χ1) is 4.63. The SMILES string of the molecule is CC(Cl)Cl.[Ti][C]1=CC=CC1. The van der Waals surface area contributed by atoms with E-state index in [0.29, 0.717) is 0 Å². The van der Waals surface area contributed by atoms with E-state index in [4.69, 9.17) is 23.2 Å². The van der Waals surface area contributed by atoms with Crippen molar-refractivity contribution >= 4 is 23.2 Å². The van der Waals surface area contributed by atoms with Gasteiger partial charge in [-0.25, -0.2) is 0 Å². The predicted octanol–water partition coefficient (Wildman–Crippen LogP) is 3.19. The maximum atomic E-state index is 5.04. The zero-order valence-electron chi connectivity index (χ0n) is 5.77. The number of hydrogen-bond donors (Lipinski definition) is 0. The molecule has 55 valence electrons. The Kier molecular flexibility index (Phi) is 6.98. The molecule has 0 amide bonds. The monoisotopic (exact) mass is 211 g/mol. The molecule has 0 spiro atoms. The molecule has 0 fully saturated rings. The van der Waals surface area contributed by atoms with E-state index < -0.39 is 0 Å². The molecule has 0 saturated carbocycles. The van der Waals surface area contributed by atoms with Crippen LogP contribution in [0.15, 0.2) is 22.1 Å². The van der Waals surface area contributed by atoms with Crippen LogP contribution in [-0.4, -0.2) is 4.84 Å². The van der Waals surface area contributed by atoms with E-state index in [-0.39, 0.29) is 4.84 Å². The van der Waals surface area contributed by atoms with Crippen LogP contribution in [0.5, 0.6) is 0 Å². The summed E-state index contributed by atoms with van der Waals surface area (Å²) in [5.41, 5.74) is 0. The van der Waals surface area contributed by atoms with Gasteiger partial charge in [-0.1, -0.05) is 0 Å². The molecule has 0 saturated heterocycles. The van der Waals surface area contributed by atoms with E-state index in [1.165, 1.54) is 10.3 Å². The van der Waals surface area contributed by atoms with Gasteiger partial charge < -0.3 is 0 Å². The van der Waals surface area contributed by atoms with Gasteiger partial charge in [0.25, 0.3) is 0 Å². The Morgan fingerprint density at radius 2 is 2.10 bits per heavy atom. The van der Waals surface area contributed by atoms with Crippen molar-refractivity contribution in [2.75, 3.05) is 0 Å². The first kappa shape index (κ1) is 10.8. The zero-order valence-corrected chi connectivity index (χ0v) is 8.85. The van der Waals surface area contributed by atoms with E-state index >= 15 is 0 Å². The molecule has 1 aliphatic rings. The van der Waals surface area contributed by atoms with Crippen LogP contribution in [0.4, 0.5) is 0 Å². The van der Waals surface area contributed by atoms with Gasteiger partial charge in [-0.2, -0.15) is 0 Å². The summed E-state index contributed by atoms with van der Waals surface area (Å²) in [6.07, 6.45) is 7.56. The Balaban J connectivity index is 0.000000180. The van der Waals surface area contributed by atoms with Crippen LogP contribution in [-0.2, 0) is 20.4 Å². The summed E-state index contributed by atoms with van der Waals surface area (Å²) in [5.74, 6) is 0. The third kappa shape index (κ3) is 8.77. The van der Waals surface area contributed by atoms with Gasteiger partial charge in [0.15, 0.2) is 0 Å². The normalized spacial score (nSPS) is 14.5. The minimum atomic E-state index is -0.222. The number of alkyl halides is 2. The van der Waals surface area contributed by atoms with Gasteiger partial charge in [0, 0.05) is 0 Å². The summed E-state index contributed by atoms with van der Waals surface area (Å²) in [6.45, 7) is 1.70. The molecule has 0 unspecified atom stereocenters. The Bertz CT molecular complexity index is 136. The zero-order chi connectivity index (χ0) is 7.98. The number of rotatable bonds is 0. The van der Waals surface area contributed by atoms with E-state index in [1.54, 1.807) is 6.92 Å². The van der Waals surface area contributed by atoms with Crippen LogP contribution >= 0.6 is 23.2 Å². The van der Waals surface area contributed by atoms with Gasteiger partial charge in [-0.15, -0.1) is 23.2 Å². The van der Waals surface area contributed by atoms with Crippen molar-refractivity contribution in [2.24, 2.45) is 0 Å². The molecular formula is C7H9Cl2Ti. The van der Waals surface area contributed by atoms with Crippen LogP contribution in [0.2, 0.25) is 0 Å². The summed E-state index contributed by atoms with van der Waals surface area (Å²) in [5, 5.41) is 0. The van der Waals surface area contributed by atoms with E-state index in [2.05, 4.69) is 38.7 Å². The van der Waals surface area contributed by atoms with Gasteiger partial charge in [0.1, 0.15) is 4.84 Å². The first-order valence-electron chi connectivity index (χ1n) is 2.98. The minimum absolute atomic E-state index is 0.222. The average Bonchev–Trinajstić information content (AvgIpc) is 2.15. The van der Waals surface area contributed by atoms with Crippen molar-refractivity contribution in [2.45, 2.75) is 18.2 Å². The summed E-state index contributed by atoms with van der Waals surface area (Å²) >= 11 is 12.2. The van der Waals surface area contributed by atoms with Gasteiger partial charge in [0.05, 0.1) is 0 Å². The van der Waals surface area contributed by atoms with Crippen molar-refractivity contribution in [3.8, 4) is 0 Å². The van der Waals surface area contributed by atoms with Crippen LogP contribution in [0.25, 0.3) is 0 Å². The second-order valence-corrected chi connectivity index (χ2v) is 4.38. The summed E-state index contributed by atoms with van der Waals surface area (Å²) < 4.78 is 1.47. The molecule has 0 nitrogen and oxygen atoms in total. The van der Waals surface area contributed by atoms with Crippen LogP contribution in [0, 0.1) is 0 Å². The second kappa shape index (κ2) is 6.48.